The van der Waals surface area contributed by atoms with E-state index in [1.54, 1.807) is 11.8 Å². The second-order valence-electron chi connectivity index (χ2n) is 5.55. The number of hydrogen-bond acceptors (Lipinski definition) is 5. The lowest BCUT2D eigenvalue weighted by molar-refractivity contribution is 0.102. The summed E-state index contributed by atoms with van der Waals surface area (Å²) in [6, 6.07) is 7.61. The Morgan fingerprint density at radius 2 is 2.00 bits per heavy atom. The molecular formula is C15H19N3OS2. The number of amides is 1. The Morgan fingerprint density at radius 1 is 1.29 bits per heavy atom. The third kappa shape index (κ3) is 4.04. The highest BCUT2D eigenvalue weighted by molar-refractivity contribution is 7.99. The molecule has 21 heavy (non-hydrogen) atoms. The molecule has 0 saturated heterocycles. The van der Waals surface area contributed by atoms with Crippen molar-refractivity contribution in [3.05, 3.63) is 34.8 Å². The number of thioether (sulfide) groups is 1. The van der Waals surface area contributed by atoms with Crippen molar-refractivity contribution in [1.82, 2.24) is 10.2 Å². The minimum atomic E-state index is -0.136. The minimum Gasteiger partial charge on any atom is -0.296 e. The lowest BCUT2D eigenvalue weighted by Gasteiger charge is -2.12. The molecule has 0 bridgehead atoms. The van der Waals surface area contributed by atoms with Crippen LogP contribution in [0.4, 0.5) is 5.13 Å². The summed E-state index contributed by atoms with van der Waals surface area (Å²) >= 11 is 3.08. The van der Waals surface area contributed by atoms with Crippen LogP contribution in [-0.4, -0.2) is 21.9 Å². The zero-order valence-corrected chi connectivity index (χ0v) is 14.3. The van der Waals surface area contributed by atoms with E-state index >= 15 is 0 Å². The molecule has 4 nitrogen and oxygen atoms in total. The van der Waals surface area contributed by atoms with Crippen molar-refractivity contribution >= 4 is 34.1 Å². The molecule has 0 atom stereocenters. The number of rotatable bonds is 4. The molecule has 112 valence electrons. The Kier molecular flexibility index (Phi) is 5.00. The van der Waals surface area contributed by atoms with Gasteiger partial charge in [-0.2, -0.15) is 0 Å². The molecule has 0 fully saturated rings. The van der Waals surface area contributed by atoms with Crippen LogP contribution in [0.5, 0.6) is 0 Å². The van der Waals surface area contributed by atoms with E-state index in [1.807, 2.05) is 24.3 Å². The number of anilines is 1. The zero-order chi connectivity index (χ0) is 15.5. The fraction of sp³-hybridized carbons (Fsp3) is 0.400. The molecule has 0 aliphatic carbocycles. The van der Waals surface area contributed by atoms with Gasteiger partial charge in [0.2, 0.25) is 5.13 Å². The number of nitrogens with zero attached hydrogens (tertiary/aromatic N) is 2. The van der Waals surface area contributed by atoms with Crippen molar-refractivity contribution in [2.75, 3.05) is 11.1 Å². The molecule has 1 amide bonds. The molecule has 0 aliphatic rings. The first-order valence-electron chi connectivity index (χ1n) is 6.79. The van der Waals surface area contributed by atoms with Crippen LogP contribution < -0.4 is 5.32 Å². The summed E-state index contributed by atoms with van der Waals surface area (Å²) in [5.41, 5.74) is 0.619. The van der Waals surface area contributed by atoms with E-state index in [0.717, 1.165) is 15.7 Å². The second-order valence-corrected chi connectivity index (χ2v) is 7.83. The van der Waals surface area contributed by atoms with Gasteiger partial charge in [0, 0.05) is 10.3 Å². The average molecular weight is 321 g/mol. The molecule has 0 unspecified atom stereocenters. The molecule has 6 heteroatoms. The van der Waals surface area contributed by atoms with Gasteiger partial charge in [-0.25, -0.2) is 0 Å². The van der Waals surface area contributed by atoms with Crippen LogP contribution >= 0.6 is 23.1 Å². The van der Waals surface area contributed by atoms with Crippen molar-refractivity contribution in [2.45, 2.75) is 38.0 Å². The van der Waals surface area contributed by atoms with Crippen molar-refractivity contribution in [3.63, 3.8) is 0 Å². The number of carbonyl (C=O) groups is 1. The fourth-order valence-electron chi connectivity index (χ4n) is 1.68. The molecule has 0 saturated carbocycles. The Labute approximate surface area is 133 Å². The molecule has 1 aromatic carbocycles. The Morgan fingerprint density at radius 3 is 2.62 bits per heavy atom. The minimum absolute atomic E-state index is 0.0589. The van der Waals surface area contributed by atoms with Gasteiger partial charge in [0.15, 0.2) is 0 Å². The van der Waals surface area contributed by atoms with Crippen molar-refractivity contribution in [1.29, 1.82) is 0 Å². The van der Waals surface area contributed by atoms with E-state index in [1.165, 1.54) is 11.3 Å². The normalized spacial score (nSPS) is 11.4. The summed E-state index contributed by atoms with van der Waals surface area (Å²) < 4.78 is 0. The van der Waals surface area contributed by atoms with E-state index < -0.39 is 0 Å². The van der Waals surface area contributed by atoms with Gasteiger partial charge in [-0.3, -0.25) is 10.1 Å². The van der Waals surface area contributed by atoms with Gasteiger partial charge < -0.3 is 0 Å². The van der Waals surface area contributed by atoms with Crippen LogP contribution in [0.25, 0.3) is 0 Å². The summed E-state index contributed by atoms with van der Waals surface area (Å²) in [5.74, 6) is 0.792. The van der Waals surface area contributed by atoms with Crippen molar-refractivity contribution in [2.24, 2.45) is 0 Å². The fourth-order valence-corrected chi connectivity index (χ4v) is 3.28. The topological polar surface area (TPSA) is 54.9 Å². The summed E-state index contributed by atoms with van der Waals surface area (Å²) in [5, 5.41) is 12.5. The van der Waals surface area contributed by atoms with Crippen LogP contribution in [0.1, 0.15) is 43.1 Å². The lowest BCUT2D eigenvalue weighted by Crippen LogP contribution is -2.12. The van der Waals surface area contributed by atoms with Crippen molar-refractivity contribution < 1.29 is 4.79 Å². The Bertz CT molecular complexity index is 632. The number of hydrogen-bond donors (Lipinski definition) is 1. The molecular weight excluding hydrogens is 302 g/mol. The largest absolute Gasteiger partial charge is 0.296 e. The molecule has 0 radical (unpaired) electrons. The quantitative estimate of drug-likeness (QED) is 0.858. The predicted octanol–water partition coefficient (Wildman–Crippen LogP) is 4.20. The van der Waals surface area contributed by atoms with E-state index in [0.29, 0.717) is 10.7 Å². The van der Waals surface area contributed by atoms with Gasteiger partial charge in [-0.1, -0.05) is 51.2 Å². The first-order chi connectivity index (χ1) is 9.91. The maximum atomic E-state index is 12.4. The highest BCUT2D eigenvalue weighted by atomic mass is 32.2. The lowest BCUT2D eigenvalue weighted by atomic mass is 9.98. The van der Waals surface area contributed by atoms with Crippen LogP contribution in [0.2, 0.25) is 0 Å². The third-order valence-electron chi connectivity index (χ3n) is 2.72. The van der Waals surface area contributed by atoms with E-state index in [9.17, 15) is 4.79 Å². The van der Waals surface area contributed by atoms with Gasteiger partial charge in [0.05, 0.1) is 5.56 Å². The van der Waals surface area contributed by atoms with Crippen LogP contribution in [-0.2, 0) is 5.41 Å². The molecule has 1 N–H and O–H groups in total. The Balaban J connectivity index is 2.17. The zero-order valence-electron chi connectivity index (χ0n) is 12.6. The molecule has 2 aromatic rings. The SMILES string of the molecule is CCSc1ccccc1C(=O)Nc1nnc(C(C)(C)C)s1. The number of carbonyl (C=O) groups excluding carboxylic acids is 1. The maximum Gasteiger partial charge on any atom is 0.258 e. The summed E-state index contributed by atoms with van der Waals surface area (Å²) in [7, 11) is 0. The van der Waals surface area contributed by atoms with Gasteiger partial charge in [-0.15, -0.1) is 22.0 Å². The van der Waals surface area contributed by atoms with E-state index in [2.05, 4.69) is 43.2 Å². The maximum absolute atomic E-state index is 12.4. The van der Waals surface area contributed by atoms with Crippen LogP contribution in [0.3, 0.4) is 0 Å². The van der Waals surface area contributed by atoms with E-state index in [-0.39, 0.29) is 11.3 Å². The summed E-state index contributed by atoms with van der Waals surface area (Å²) in [4.78, 5) is 13.4. The number of benzene rings is 1. The Hall–Kier alpha value is -1.40. The third-order valence-corrected chi connectivity index (χ3v) is 4.94. The summed E-state index contributed by atoms with van der Waals surface area (Å²) in [6.45, 7) is 8.30. The molecule has 1 heterocycles. The second kappa shape index (κ2) is 6.58. The first kappa shape index (κ1) is 16.0. The predicted molar refractivity (Wildman–Crippen MR) is 89.4 cm³/mol. The van der Waals surface area contributed by atoms with Crippen LogP contribution in [0, 0.1) is 0 Å². The molecule has 0 spiro atoms. The number of aromatic nitrogens is 2. The molecule has 2 rings (SSSR count). The first-order valence-corrected chi connectivity index (χ1v) is 8.59. The monoisotopic (exact) mass is 321 g/mol. The average Bonchev–Trinajstić information content (AvgIpc) is 2.88. The van der Waals surface area contributed by atoms with Gasteiger partial charge >= 0.3 is 0 Å². The summed E-state index contributed by atoms with van der Waals surface area (Å²) in [6.07, 6.45) is 0. The standard InChI is InChI=1S/C15H19N3OS2/c1-5-20-11-9-7-6-8-10(11)12(19)16-14-18-17-13(21-14)15(2,3)4/h6-9H,5H2,1-4H3,(H,16,18,19). The highest BCUT2D eigenvalue weighted by Gasteiger charge is 2.20. The van der Waals surface area contributed by atoms with Gasteiger partial charge in [-0.05, 0) is 17.9 Å². The van der Waals surface area contributed by atoms with E-state index in [4.69, 9.17) is 0 Å². The van der Waals surface area contributed by atoms with Crippen LogP contribution in [0.15, 0.2) is 29.2 Å². The molecule has 1 aromatic heterocycles. The highest BCUT2D eigenvalue weighted by Crippen LogP contribution is 2.28. The smallest absolute Gasteiger partial charge is 0.258 e. The van der Waals surface area contributed by atoms with Gasteiger partial charge in [0.25, 0.3) is 5.91 Å². The number of nitrogens with one attached hydrogen (secondary N) is 1. The van der Waals surface area contributed by atoms with Crippen molar-refractivity contribution in [3.8, 4) is 0 Å². The van der Waals surface area contributed by atoms with Gasteiger partial charge in [0.1, 0.15) is 5.01 Å². The molecule has 0 aliphatic heterocycles.